The fourth-order valence-corrected chi connectivity index (χ4v) is 9.36. The maximum Gasteiger partial charge on any atom is 0.330 e. The van der Waals surface area contributed by atoms with Crippen LogP contribution in [0, 0.1) is 13.8 Å². The van der Waals surface area contributed by atoms with E-state index in [0.717, 1.165) is 27.8 Å². The van der Waals surface area contributed by atoms with Gasteiger partial charge in [0.1, 0.15) is 66.4 Å². The molecule has 0 aliphatic carbocycles. The van der Waals surface area contributed by atoms with E-state index in [9.17, 15) is 14.4 Å². The van der Waals surface area contributed by atoms with Crippen LogP contribution in [0.5, 0.6) is 23.0 Å². The molecule has 3 N–H and O–H groups in total. The van der Waals surface area contributed by atoms with Crippen LogP contribution in [0.15, 0.2) is 73.6 Å². The predicted octanol–water partition coefficient (Wildman–Crippen LogP) is 10.3. The zero-order chi connectivity index (χ0) is 50.7. The standard InChI is InChI=1S/C26H25Cl2N5O4.C23H23Cl2N5O3/c1-6-21(34)30-17-9-7-8-14(2)16(17)10-20-29-12-15-13-33(26(35)32(3)25(15)31-20)24-22(27)18(36-4)11-19(37-5)23(24)28;1-12-6-5-7-15(26)14(12)8-18-27-10-13-11-30(23(31)29(2)22(13)28-18)21-19(24)16(32-3)9-17(33-4)20(21)25/h6-9,11-12H,1,10,13H2,2-5H3,(H,30,34);5-7,9-10H,8,11,26H2,1-4H3. The zero-order valence-electron chi connectivity index (χ0n) is 39.4. The third-order valence-electron chi connectivity index (χ3n) is 11.7. The zero-order valence-corrected chi connectivity index (χ0v) is 42.4. The number of carbonyl (C=O) groups excluding carboxylic acids is 3. The van der Waals surface area contributed by atoms with Crippen molar-refractivity contribution in [2.24, 2.45) is 0 Å². The highest BCUT2D eigenvalue weighted by atomic mass is 35.5. The first-order valence-electron chi connectivity index (χ1n) is 21.3. The topological polar surface area (TPSA) is 191 Å². The molecule has 0 unspecified atom stereocenters. The summed E-state index contributed by atoms with van der Waals surface area (Å²) in [6.07, 6.45) is 5.41. The number of anilines is 6. The summed E-state index contributed by atoms with van der Waals surface area (Å²) in [5.74, 6) is 3.08. The van der Waals surface area contributed by atoms with Crippen LogP contribution >= 0.6 is 46.4 Å². The normalized spacial score (nSPS) is 13.0. The number of nitrogen functional groups attached to an aromatic ring is 1. The van der Waals surface area contributed by atoms with Gasteiger partial charge >= 0.3 is 12.1 Å². The maximum absolute atomic E-state index is 13.5. The van der Waals surface area contributed by atoms with Crippen molar-refractivity contribution in [3.63, 3.8) is 0 Å². The number of aromatic nitrogens is 4. The van der Waals surface area contributed by atoms with Gasteiger partial charge in [-0.05, 0) is 54.3 Å². The minimum Gasteiger partial charge on any atom is -0.495 e. The van der Waals surface area contributed by atoms with Crippen molar-refractivity contribution >= 4 is 98.8 Å². The van der Waals surface area contributed by atoms with Crippen molar-refractivity contribution in [2.45, 2.75) is 39.8 Å². The van der Waals surface area contributed by atoms with Crippen molar-refractivity contribution in [3.05, 3.63) is 139 Å². The van der Waals surface area contributed by atoms with Crippen LogP contribution in [0.1, 0.15) is 45.0 Å². The number of nitrogens with one attached hydrogen (secondary N) is 1. The number of benzene rings is 4. The van der Waals surface area contributed by atoms with Crippen LogP contribution in [0.2, 0.25) is 20.1 Å². The number of rotatable bonds is 12. The number of halogens is 4. The van der Waals surface area contributed by atoms with Gasteiger partial charge in [0.15, 0.2) is 0 Å². The van der Waals surface area contributed by atoms with Crippen LogP contribution in [0.3, 0.4) is 0 Å². The Morgan fingerprint density at radius 3 is 1.49 bits per heavy atom. The van der Waals surface area contributed by atoms with E-state index < -0.39 is 0 Å². The lowest BCUT2D eigenvalue weighted by molar-refractivity contribution is -0.111. The van der Waals surface area contributed by atoms with E-state index in [1.165, 1.54) is 54.1 Å². The second kappa shape index (κ2) is 21.3. The molecule has 5 amide bonds. The largest absolute Gasteiger partial charge is 0.495 e. The number of amides is 5. The van der Waals surface area contributed by atoms with Crippen LogP contribution < -0.4 is 49.6 Å². The number of methoxy groups -OCH3 is 4. The molecule has 17 nitrogen and oxygen atoms in total. The van der Waals surface area contributed by atoms with Gasteiger partial charge < -0.3 is 30.0 Å². The molecule has 4 aromatic carbocycles. The summed E-state index contributed by atoms with van der Waals surface area (Å²) in [5.41, 5.74) is 13.3. The molecule has 0 spiro atoms. The number of urea groups is 2. The minimum absolute atomic E-state index is 0.138. The van der Waals surface area contributed by atoms with Crippen LogP contribution in [0.25, 0.3) is 0 Å². The lowest BCUT2D eigenvalue weighted by Gasteiger charge is -2.35. The van der Waals surface area contributed by atoms with Crippen molar-refractivity contribution in [1.82, 2.24) is 19.9 Å². The molecule has 0 radical (unpaired) electrons. The van der Waals surface area contributed by atoms with E-state index in [1.807, 2.05) is 50.2 Å². The monoisotopic (exact) mass is 1030 g/mol. The van der Waals surface area contributed by atoms with Gasteiger partial charge in [-0.15, -0.1) is 0 Å². The van der Waals surface area contributed by atoms with E-state index in [4.69, 9.17) is 71.1 Å². The molecule has 2 aliphatic rings. The van der Waals surface area contributed by atoms with E-state index in [-0.39, 0.29) is 56.8 Å². The van der Waals surface area contributed by atoms with Crippen molar-refractivity contribution < 1.29 is 33.3 Å². The van der Waals surface area contributed by atoms with Gasteiger partial charge in [-0.3, -0.25) is 24.4 Å². The molecule has 4 heterocycles. The van der Waals surface area contributed by atoms with Gasteiger partial charge in [-0.2, -0.15) is 0 Å². The first kappa shape index (κ1) is 50.8. The lowest BCUT2D eigenvalue weighted by atomic mass is 10.0. The molecule has 364 valence electrons. The van der Waals surface area contributed by atoms with Gasteiger partial charge in [0.25, 0.3) is 0 Å². The number of fused-ring (bicyclic) bond motifs is 2. The molecular formula is C49H48Cl4N10O7. The third kappa shape index (κ3) is 9.87. The van der Waals surface area contributed by atoms with Gasteiger partial charge in [-0.25, -0.2) is 29.5 Å². The lowest BCUT2D eigenvalue weighted by Crippen LogP contribution is -2.46. The van der Waals surface area contributed by atoms with Crippen molar-refractivity contribution in [2.75, 3.05) is 73.2 Å². The summed E-state index contributed by atoms with van der Waals surface area (Å²) >= 11 is 26.2. The Kier molecular flexibility index (Phi) is 15.5. The average molecular weight is 1030 g/mol. The fraction of sp³-hybridized carbons (Fsp3) is 0.245. The Hall–Kier alpha value is -7.05. The molecule has 8 rings (SSSR count). The highest BCUT2D eigenvalue weighted by molar-refractivity contribution is 6.43. The van der Waals surface area contributed by atoms with Crippen molar-refractivity contribution in [1.29, 1.82) is 0 Å². The summed E-state index contributed by atoms with van der Waals surface area (Å²) in [7, 11) is 9.16. The summed E-state index contributed by atoms with van der Waals surface area (Å²) < 4.78 is 21.4. The second-order valence-electron chi connectivity index (χ2n) is 15.9. The quantitative estimate of drug-likeness (QED) is 0.0873. The molecule has 70 heavy (non-hydrogen) atoms. The van der Waals surface area contributed by atoms with Gasteiger partial charge in [0.05, 0.1) is 52.9 Å². The number of hydrogen-bond acceptors (Lipinski definition) is 12. The van der Waals surface area contributed by atoms with E-state index in [1.54, 1.807) is 38.6 Å². The number of ether oxygens (including phenoxy) is 4. The first-order valence-corrected chi connectivity index (χ1v) is 22.8. The van der Waals surface area contributed by atoms with Gasteiger partial charge in [0.2, 0.25) is 5.91 Å². The molecule has 0 bridgehead atoms. The fourth-order valence-electron chi connectivity index (χ4n) is 7.95. The van der Waals surface area contributed by atoms with Gasteiger partial charge in [-0.1, -0.05) is 77.2 Å². The SMILES string of the molecule is C=CC(=O)Nc1cccc(C)c1Cc1ncc2c(n1)N(C)C(=O)N(c1c(Cl)c(OC)cc(OC)c1Cl)C2.COc1cc(OC)c(Cl)c(N2Cc3cnc(Cc4c(C)cccc4N)nc3N(C)C2=O)c1Cl. The number of carbonyl (C=O) groups is 3. The summed E-state index contributed by atoms with van der Waals surface area (Å²) in [6.45, 7) is 7.76. The van der Waals surface area contributed by atoms with Crippen LogP contribution in [-0.2, 0) is 30.7 Å². The van der Waals surface area contributed by atoms with Crippen LogP contribution in [-0.4, -0.2) is 80.4 Å². The van der Waals surface area contributed by atoms with Gasteiger partial charge in [0, 0.05) is 74.0 Å². The highest BCUT2D eigenvalue weighted by Crippen LogP contribution is 2.49. The Labute approximate surface area is 424 Å². The maximum atomic E-state index is 13.5. The number of aryl methyl sites for hydroxylation is 2. The molecule has 21 heteroatoms. The Morgan fingerprint density at radius 2 is 1.09 bits per heavy atom. The molecule has 2 aromatic heterocycles. The molecular weight excluding hydrogens is 982 g/mol. The van der Waals surface area contributed by atoms with E-state index in [0.29, 0.717) is 81.7 Å². The molecule has 0 atom stereocenters. The Balaban J connectivity index is 0.000000208. The number of nitrogens with two attached hydrogens (primary N) is 1. The summed E-state index contributed by atoms with van der Waals surface area (Å²) in [6, 6.07) is 13.8. The molecule has 0 fully saturated rings. The average Bonchev–Trinajstić information content (AvgIpc) is 3.35. The summed E-state index contributed by atoms with van der Waals surface area (Å²) in [5, 5.41) is 3.61. The predicted molar refractivity (Wildman–Crippen MR) is 274 cm³/mol. The first-order chi connectivity index (χ1) is 33.5. The number of nitrogens with zero attached hydrogens (tertiary/aromatic N) is 8. The highest BCUT2D eigenvalue weighted by Gasteiger charge is 2.37. The third-order valence-corrected chi connectivity index (χ3v) is 13.2. The molecule has 0 saturated heterocycles. The van der Waals surface area contributed by atoms with Crippen LogP contribution in [0.4, 0.5) is 44.0 Å². The molecule has 0 saturated carbocycles. The smallest absolute Gasteiger partial charge is 0.330 e. The second-order valence-corrected chi connectivity index (χ2v) is 17.4. The van der Waals surface area contributed by atoms with E-state index >= 15 is 0 Å². The summed E-state index contributed by atoms with van der Waals surface area (Å²) in [4.78, 5) is 62.9. The van der Waals surface area contributed by atoms with E-state index in [2.05, 4.69) is 31.8 Å². The minimum atomic E-state index is -0.383. The molecule has 2 aliphatic heterocycles. The molecule has 6 aromatic rings. The van der Waals surface area contributed by atoms with Crippen molar-refractivity contribution in [3.8, 4) is 23.0 Å². The Bertz CT molecular complexity index is 2990. The Morgan fingerprint density at radius 1 is 0.686 bits per heavy atom. The number of hydrogen-bond donors (Lipinski definition) is 2.